The molecule has 21 heavy (non-hydrogen) atoms. The fourth-order valence-corrected chi connectivity index (χ4v) is 2.22. The molecule has 0 fully saturated rings. The quantitative estimate of drug-likeness (QED) is 0.690. The van der Waals surface area contributed by atoms with Gasteiger partial charge in [-0.05, 0) is 38.4 Å². The van der Waals surface area contributed by atoms with Gasteiger partial charge in [0, 0.05) is 12.6 Å². The van der Waals surface area contributed by atoms with Crippen molar-refractivity contribution in [3.8, 4) is 5.75 Å². The van der Waals surface area contributed by atoms with Gasteiger partial charge in [0.2, 0.25) is 5.43 Å². The highest BCUT2D eigenvalue weighted by Gasteiger charge is 2.08. The van der Waals surface area contributed by atoms with E-state index in [2.05, 4.69) is 4.90 Å². The average Bonchev–Trinajstić information content (AvgIpc) is 2.47. The van der Waals surface area contributed by atoms with E-state index in [0.717, 1.165) is 6.54 Å². The van der Waals surface area contributed by atoms with Crippen LogP contribution in [0.5, 0.6) is 5.75 Å². The Bertz CT molecular complexity index is 836. The number of hydrogen-bond donors (Lipinski definition) is 0. The van der Waals surface area contributed by atoms with Crippen LogP contribution in [0, 0.1) is 0 Å². The Morgan fingerprint density at radius 1 is 1.05 bits per heavy atom. The second-order valence-corrected chi connectivity index (χ2v) is 5.24. The number of para-hydroxylation sites is 1. The normalized spacial score (nSPS) is 11.4. The molecule has 0 amide bonds. The highest BCUT2D eigenvalue weighted by Crippen LogP contribution is 2.22. The van der Waals surface area contributed by atoms with E-state index in [1.165, 1.54) is 0 Å². The van der Waals surface area contributed by atoms with Crippen LogP contribution in [-0.4, -0.2) is 32.1 Å². The van der Waals surface area contributed by atoms with E-state index in [4.69, 9.17) is 9.15 Å². The van der Waals surface area contributed by atoms with Crippen LogP contribution in [0.4, 0.5) is 0 Å². The Labute approximate surface area is 122 Å². The van der Waals surface area contributed by atoms with Crippen LogP contribution < -0.4 is 10.2 Å². The Kier molecular flexibility index (Phi) is 3.62. The maximum atomic E-state index is 12.4. The number of ether oxygens (including phenoxy) is 1. The van der Waals surface area contributed by atoms with Crippen LogP contribution in [0.1, 0.15) is 0 Å². The van der Waals surface area contributed by atoms with Gasteiger partial charge >= 0.3 is 0 Å². The van der Waals surface area contributed by atoms with Crippen LogP contribution >= 0.6 is 0 Å². The predicted molar refractivity (Wildman–Crippen MR) is 84.0 cm³/mol. The molecule has 0 radical (unpaired) electrons. The molecule has 3 aromatic rings. The lowest BCUT2D eigenvalue weighted by Crippen LogP contribution is -2.19. The summed E-state index contributed by atoms with van der Waals surface area (Å²) in [6.07, 6.45) is 0. The molecule has 3 rings (SSSR count). The Morgan fingerprint density at radius 2 is 1.81 bits per heavy atom. The summed E-state index contributed by atoms with van der Waals surface area (Å²) in [7, 11) is 3.99. The zero-order chi connectivity index (χ0) is 14.8. The van der Waals surface area contributed by atoms with E-state index in [9.17, 15) is 4.79 Å². The first-order valence-electron chi connectivity index (χ1n) is 6.88. The van der Waals surface area contributed by atoms with E-state index >= 15 is 0 Å². The number of rotatable bonds is 4. The fraction of sp³-hybridized carbons (Fsp3) is 0.235. The summed E-state index contributed by atoms with van der Waals surface area (Å²) in [6, 6.07) is 12.6. The molecule has 108 valence electrons. The molecule has 0 bridgehead atoms. The number of hydrogen-bond acceptors (Lipinski definition) is 4. The van der Waals surface area contributed by atoms with Crippen LogP contribution in [0.25, 0.3) is 21.9 Å². The van der Waals surface area contributed by atoms with Crippen molar-refractivity contribution >= 4 is 21.9 Å². The molecule has 0 N–H and O–H groups in total. The minimum absolute atomic E-state index is 0.00769. The first-order chi connectivity index (χ1) is 10.1. The third kappa shape index (κ3) is 2.76. The van der Waals surface area contributed by atoms with Crippen LogP contribution in [-0.2, 0) is 0 Å². The zero-order valence-electron chi connectivity index (χ0n) is 12.1. The molecule has 1 heterocycles. The van der Waals surface area contributed by atoms with Crippen molar-refractivity contribution in [2.45, 2.75) is 0 Å². The van der Waals surface area contributed by atoms with Gasteiger partial charge in [0.1, 0.15) is 23.5 Å². The zero-order valence-corrected chi connectivity index (χ0v) is 12.1. The standard InChI is InChI=1S/C17H17NO3/c1-18(2)9-10-20-12-7-8-14-16(11-12)21-15-6-4-3-5-13(15)17(14)19/h3-8,11H,9-10H2,1-2H3. The Balaban J connectivity index is 2.01. The highest BCUT2D eigenvalue weighted by molar-refractivity contribution is 5.90. The molecule has 0 saturated heterocycles. The third-order valence-electron chi connectivity index (χ3n) is 3.36. The molecule has 0 saturated carbocycles. The summed E-state index contributed by atoms with van der Waals surface area (Å²) in [5, 5.41) is 1.18. The minimum Gasteiger partial charge on any atom is -0.492 e. The summed E-state index contributed by atoms with van der Waals surface area (Å²) in [5.41, 5.74) is 1.15. The molecule has 0 spiro atoms. The molecule has 4 nitrogen and oxygen atoms in total. The van der Waals surface area contributed by atoms with Crippen molar-refractivity contribution < 1.29 is 9.15 Å². The number of benzene rings is 2. The Hall–Kier alpha value is -2.33. The molecule has 0 aliphatic heterocycles. The van der Waals surface area contributed by atoms with Gasteiger partial charge < -0.3 is 14.1 Å². The van der Waals surface area contributed by atoms with Crippen molar-refractivity contribution in [2.75, 3.05) is 27.2 Å². The Morgan fingerprint density at radius 3 is 2.62 bits per heavy atom. The van der Waals surface area contributed by atoms with Crippen LogP contribution in [0.15, 0.2) is 51.7 Å². The van der Waals surface area contributed by atoms with Crippen LogP contribution in [0.2, 0.25) is 0 Å². The molecule has 0 aliphatic rings. The van der Waals surface area contributed by atoms with E-state index in [1.807, 2.05) is 32.3 Å². The van der Waals surface area contributed by atoms with Crippen molar-refractivity contribution in [3.63, 3.8) is 0 Å². The van der Waals surface area contributed by atoms with Gasteiger partial charge in [-0.1, -0.05) is 12.1 Å². The van der Waals surface area contributed by atoms with E-state index < -0.39 is 0 Å². The van der Waals surface area contributed by atoms with Gasteiger partial charge in [0.25, 0.3) is 0 Å². The molecule has 0 aliphatic carbocycles. The molecule has 0 atom stereocenters. The van der Waals surface area contributed by atoms with E-state index in [0.29, 0.717) is 34.3 Å². The maximum Gasteiger partial charge on any atom is 0.200 e. The number of likely N-dealkylation sites (N-methyl/N-ethyl adjacent to an activating group) is 1. The SMILES string of the molecule is CN(C)CCOc1ccc2c(=O)c3ccccc3oc2c1. The minimum atomic E-state index is -0.00769. The molecular formula is C17H17NO3. The molecular weight excluding hydrogens is 266 g/mol. The number of fused-ring (bicyclic) bond motifs is 2. The molecule has 1 aromatic heterocycles. The highest BCUT2D eigenvalue weighted by atomic mass is 16.5. The second kappa shape index (κ2) is 5.58. The smallest absolute Gasteiger partial charge is 0.200 e. The van der Waals surface area contributed by atoms with Gasteiger partial charge in [0.05, 0.1) is 10.8 Å². The molecule has 4 heteroatoms. The van der Waals surface area contributed by atoms with Gasteiger partial charge in [-0.3, -0.25) is 4.79 Å². The van der Waals surface area contributed by atoms with Gasteiger partial charge in [-0.2, -0.15) is 0 Å². The van der Waals surface area contributed by atoms with E-state index in [1.54, 1.807) is 24.3 Å². The van der Waals surface area contributed by atoms with Crippen molar-refractivity contribution in [3.05, 3.63) is 52.7 Å². The summed E-state index contributed by atoms with van der Waals surface area (Å²) >= 11 is 0. The molecule has 0 unspecified atom stereocenters. The van der Waals surface area contributed by atoms with Crippen molar-refractivity contribution in [1.29, 1.82) is 0 Å². The summed E-state index contributed by atoms with van der Waals surface area (Å²) in [4.78, 5) is 14.4. The lowest BCUT2D eigenvalue weighted by molar-refractivity contribution is 0.261. The summed E-state index contributed by atoms with van der Waals surface area (Å²) in [5.74, 6) is 0.711. The van der Waals surface area contributed by atoms with E-state index in [-0.39, 0.29) is 5.43 Å². The fourth-order valence-electron chi connectivity index (χ4n) is 2.22. The predicted octanol–water partition coefficient (Wildman–Crippen LogP) is 2.89. The third-order valence-corrected chi connectivity index (χ3v) is 3.36. The van der Waals surface area contributed by atoms with Crippen molar-refractivity contribution in [2.24, 2.45) is 0 Å². The maximum absolute atomic E-state index is 12.4. The lowest BCUT2D eigenvalue weighted by atomic mass is 10.1. The van der Waals surface area contributed by atoms with Crippen molar-refractivity contribution in [1.82, 2.24) is 4.90 Å². The monoisotopic (exact) mass is 283 g/mol. The first-order valence-corrected chi connectivity index (χ1v) is 6.88. The summed E-state index contributed by atoms with van der Waals surface area (Å²) < 4.78 is 11.5. The van der Waals surface area contributed by atoms with Gasteiger partial charge in [0.15, 0.2) is 0 Å². The number of nitrogens with zero attached hydrogens (tertiary/aromatic N) is 1. The topological polar surface area (TPSA) is 42.7 Å². The lowest BCUT2D eigenvalue weighted by Gasteiger charge is -2.11. The second-order valence-electron chi connectivity index (χ2n) is 5.24. The molecule has 2 aromatic carbocycles. The van der Waals surface area contributed by atoms with Gasteiger partial charge in [-0.25, -0.2) is 0 Å². The average molecular weight is 283 g/mol. The van der Waals surface area contributed by atoms with Crippen LogP contribution in [0.3, 0.4) is 0 Å². The largest absolute Gasteiger partial charge is 0.492 e. The summed E-state index contributed by atoms with van der Waals surface area (Å²) in [6.45, 7) is 1.43. The first kappa shape index (κ1) is 13.6. The van der Waals surface area contributed by atoms with Gasteiger partial charge in [-0.15, -0.1) is 0 Å².